The van der Waals surface area contributed by atoms with Crippen LogP contribution in [0.2, 0.25) is 0 Å². The third kappa shape index (κ3) is 7.41. The number of hydrogen-bond acceptors (Lipinski definition) is 1. The third-order valence-corrected chi connectivity index (χ3v) is 15.5. The number of aromatic nitrogens is 1. The molecule has 1 aliphatic rings. The number of rotatable bonds is 10. The van der Waals surface area contributed by atoms with Gasteiger partial charge in [0.1, 0.15) is 0 Å². The molecule has 1 aromatic heterocycles. The van der Waals surface area contributed by atoms with Crippen LogP contribution in [0.3, 0.4) is 0 Å². The van der Waals surface area contributed by atoms with Crippen LogP contribution in [0, 0.1) is 0 Å². The Kier molecular flexibility index (Phi) is 10.8. The van der Waals surface area contributed by atoms with Gasteiger partial charge in [-0.1, -0.05) is 249 Å². The molecule has 2 heteroatoms. The maximum Gasteiger partial charge on any atom is 0.0714 e. The molecule has 0 aliphatic heterocycles. The summed E-state index contributed by atoms with van der Waals surface area (Å²) in [7, 11) is 0. The first-order valence-corrected chi connectivity index (χ1v) is 25.9. The van der Waals surface area contributed by atoms with E-state index >= 15 is 0 Å². The van der Waals surface area contributed by atoms with Crippen molar-refractivity contribution in [3.63, 3.8) is 0 Å². The van der Waals surface area contributed by atoms with Gasteiger partial charge in [0.15, 0.2) is 0 Å². The van der Waals surface area contributed by atoms with E-state index in [1.807, 2.05) is 0 Å². The number of para-hydroxylation sites is 2. The van der Waals surface area contributed by atoms with Crippen LogP contribution in [-0.4, -0.2) is 4.57 Å². The van der Waals surface area contributed by atoms with Crippen LogP contribution in [0.5, 0.6) is 0 Å². The third-order valence-electron chi connectivity index (χ3n) is 15.5. The summed E-state index contributed by atoms with van der Waals surface area (Å²) in [5.74, 6) is 0. The number of anilines is 3. The van der Waals surface area contributed by atoms with Crippen LogP contribution in [0.1, 0.15) is 22.3 Å². The van der Waals surface area contributed by atoms with Gasteiger partial charge in [-0.3, -0.25) is 0 Å². The van der Waals surface area contributed by atoms with Gasteiger partial charge < -0.3 is 9.47 Å². The second kappa shape index (κ2) is 18.4. The molecule has 0 bridgehead atoms. The fourth-order valence-corrected chi connectivity index (χ4v) is 12.0. The van der Waals surface area contributed by atoms with Gasteiger partial charge >= 0.3 is 0 Å². The number of hydrogen-bond donors (Lipinski definition) is 0. The molecule has 0 amide bonds. The van der Waals surface area contributed by atoms with E-state index in [0.717, 1.165) is 45.0 Å². The van der Waals surface area contributed by atoms with Crippen LogP contribution in [0.15, 0.2) is 303 Å². The summed E-state index contributed by atoms with van der Waals surface area (Å²) in [6, 6.07) is 111. The van der Waals surface area contributed by atoms with Crippen LogP contribution in [0.25, 0.3) is 83.1 Å². The quantitative estimate of drug-likeness (QED) is 0.133. The Morgan fingerprint density at radius 2 is 0.680 bits per heavy atom. The van der Waals surface area contributed by atoms with Crippen molar-refractivity contribution in [1.82, 2.24) is 4.57 Å². The van der Waals surface area contributed by atoms with Gasteiger partial charge in [-0.05, 0) is 127 Å². The standard InChI is InChI=1S/C73H50N2/c1-5-19-51(20-6-1)57-41-47-63(56-21-7-2-8-22-56)72(49-57)74(62-46-48-65-64-27-13-16-30-68(64)73(69(65)50-62,58-23-9-3-10-24-58)59-25-11-4-12-26-59)60-42-37-54(38-43-60)52-33-35-53(36-34-52)55-39-44-61(45-40-55)75-70-31-17-14-28-66(70)67-29-15-18-32-71(67)75/h1-50H. The minimum Gasteiger partial charge on any atom is -0.310 e. The molecule has 0 atom stereocenters. The molecule has 13 aromatic rings. The lowest BCUT2D eigenvalue weighted by Crippen LogP contribution is -2.28. The summed E-state index contributed by atoms with van der Waals surface area (Å²) < 4.78 is 2.37. The molecule has 0 spiro atoms. The van der Waals surface area contributed by atoms with Gasteiger partial charge in [0, 0.05) is 33.4 Å². The topological polar surface area (TPSA) is 8.17 Å². The summed E-state index contributed by atoms with van der Waals surface area (Å²) in [5, 5.41) is 2.54. The van der Waals surface area contributed by atoms with Crippen molar-refractivity contribution in [3.05, 3.63) is 326 Å². The van der Waals surface area contributed by atoms with E-state index in [2.05, 4.69) is 313 Å². The zero-order valence-electron chi connectivity index (χ0n) is 41.3. The van der Waals surface area contributed by atoms with E-state index in [1.165, 1.54) is 77.4 Å². The van der Waals surface area contributed by atoms with Crippen molar-refractivity contribution < 1.29 is 0 Å². The first-order chi connectivity index (χ1) is 37.2. The SMILES string of the molecule is c1ccc(-c2ccc(-c3ccccc3)c(N(c3ccc(-c4ccc(-c5ccc(-n6c7ccccc7c7ccccc76)cc5)cc4)cc3)c3ccc4c(c3)C(c3ccccc3)(c3ccccc3)c3ccccc3-4)c2)cc1. The molecular weight excluding hydrogens is 905 g/mol. The van der Waals surface area contributed by atoms with Crippen molar-refractivity contribution in [3.8, 4) is 61.3 Å². The summed E-state index contributed by atoms with van der Waals surface area (Å²) >= 11 is 0. The van der Waals surface area contributed by atoms with Crippen LogP contribution in [0.4, 0.5) is 17.1 Å². The van der Waals surface area contributed by atoms with E-state index < -0.39 is 5.41 Å². The first kappa shape index (κ1) is 44.0. The van der Waals surface area contributed by atoms with Gasteiger partial charge in [-0.25, -0.2) is 0 Å². The first-order valence-electron chi connectivity index (χ1n) is 25.9. The molecule has 0 unspecified atom stereocenters. The molecule has 2 nitrogen and oxygen atoms in total. The highest BCUT2D eigenvalue weighted by molar-refractivity contribution is 6.09. The van der Waals surface area contributed by atoms with Gasteiger partial charge in [0.25, 0.3) is 0 Å². The van der Waals surface area contributed by atoms with Crippen LogP contribution in [-0.2, 0) is 5.41 Å². The van der Waals surface area contributed by atoms with E-state index in [9.17, 15) is 0 Å². The Hall–Kier alpha value is -9.76. The van der Waals surface area contributed by atoms with Crippen molar-refractivity contribution in [2.24, 2.45) is 0 Å². The zero-order chi connectivity index (χ0) is 49.7. The summed E-state index contributed by atoms with van der Waals surface area (Å²) in [6.45, 7) is 0. The average molecular weight is 955 g/mol. The van der Waals surface area contributed by atoms with Crippen molar-refractivity contribution >= 4 is 38.9 Å². The Labute approximate surface area is 438 Å². The predicted molar refractivity (Wildman–Crippen MR) is 315 cm³/mol. The fraction of sp³-hybridized carbons (Fsp3) is 0.0137. The molecule has 0 radical (unpaired) electrons. The van der Waals surface area contributed by atoms with Gasteiger partial charge in [-0.15, -0.1) is 0 Å². The monoisotopic (exact) mass is 954 g/mol. The Morgan fingerprint density at radius 1 is 0.267 bits per heavy atom. The molecule has 75 heavy (non-hydrogen) atoms. The molecule has 12 aromatic carbocycles. The Bertz CT molecular complexity index is 4090. The van der Waals surface area contributed by atoms with Gasteiger partial charge in [-0.2, -0.15) is 0 Å². The van der Waals surface area contributed by atoms with Crippen LogP contribution >= 0.6 is 0 Å². The average Bonchev–Trinajstić information content (AvgIpc) is 4.07. The second-order valence-corrected chi connectivity index (χ2v) is 19.6. The summed E-state index contributed by atoms with van der Waals surface area (Å²) in [5.41, 5.74) is 23.2. The van der Waals surface area contributed by atoms with Crippen molar-refractivity contribution in [1.29, 1.82) is 0 Å². The molecule has 1 aliphatic carbocycles. The maximum atomic E-state index is 2.48. The molecule has 0 fully saturated rings. The van der Waals surface area contributed by atoms with Crippen molar-refractivity contribution in [2.75, 3.05) is 4.90 Å². The van der Waals surface area contributed by atoms with E-state index in [0.29, 0.717) is 0 Å². The number of nitrogens with zero attached hydrogens (tertiary/aromatic N) is 2. The minimum atomic E-state index is -0.547. The maximum absolute atomic E-state index is 2.48. The highest BCUT2D eigenvalue weighted by atomic mass is 15.1. The summed E-state index contributed by atoms with van der Waals surface area (Å²) in [6.07, 6.45) is 0. The predicted octanol–water partition coefficient (Wildman–Crippen LogP) is 19.3. The normalized spacial score (nSPS) is 12.4. The molecule has 1 heterocycles. The molecule has 0 saturated carbocycles. The van der Waals surface area contributed by atoms with E-state index in [4.69, 9.17) is 0 Å². The summed E-state index contributed by atoms with van der Waals surface area (Å²) in [4.78, 5) is 2.48. The lowest BCUT2D eigenvalue weighted by Gasteiger charge is -2.35. The Balaban J connectivity index is 0.886. The molecule has 0 N–H and O–H groups in total. The number of benzene rings is 12. The highest BCUT2D eigenvalue weighted by Gasteiger charge is 2.46. The van der Waals surface area contributed by atoms with Gasteiger partial charge in [0.05, 0.1) is 22.1 Å². The fourth-order valence-electron chi connectivity index (χ4n) is 12.0. The molecular formula is C73H50N2. The van der Waals surface area contributed by atoms with E-state index in [-0.39, 0.29) is 0 Å². The van der Waals surface area contributed by atoms with E-state index in [1.54, 1.807) is 0 Å². The van der Waals surface area contributed by atoms with Gasteiger partial charge in [0.2, 0.25) is 0 Å². The lowest BCUT2D eigenvalue weighted by molar-refractivity contribution is 0.768. The Morgan fingerprint density at radius 3 is 1.27 bits per heavy atom. The highest BCUT2D eigenvalue weighted by Crippen LogP contribution is 2.57. The smallest absolute Gasteiger partial charge is 0.0714 e. The molecule has 352 valence electrons. The number of fused-ring (bicyclic) bond motifs is 6. The molecule has 14 rings (SSSR count). The lowest BCUT2D eigenvalue weighted by atomic mass is 9.67. The van der Waals surface area contributed by atoms with Crippen LogP contribution < -0.4 is 4.90 Å². The minimum absolute atomic E-state index is 0.547. The second-order valence-electron chi connectivity index (χ2n) is 19.6. The van der Waals surface area contributed by atoms with Crippen molar-refractivity contribution in [2.45, 2.75) is 5.41 Å². The largest absolute Gasteiger partial charge is 0.310 e. The zero-order valence-corrected chi connectivity index (χ0v) is 41.3. The molecule has 0 saturated heterocycles.